The lowest BCUT2D eigenvalue weighted by atomic mass is 9.88. The molecule has 0 radical (unpaired) electrons. The van der Waals surface area contributed by atoms with Crippen molar-refractivity contribution in [2.24, 2.45) is 0 Å². The zero-order valence-corrected chi connectivity index (χ0v) is 13.8. The van der Waals surface area contributed by atoms with Gasteiger partial charge in [-0.3, -0.25) is 9.59 Å². The third-order valence-corrected chi connectivity index (χ3v) is 4.19. The van der Waals surface area contributed by atoms with E-state index in [1.54, 1.807) is 36.4 Å². The van der Waals surface area contributed by atoms with Gasteiger partial charge in [0.15, 0.2) is 11.4 Å². The van der Waals surface area contributed by atoms with Gasteiger partial charge in [-0.2, -0.15) is 0 Å². The minimum absolute atomic E-state index is 0.319. The van der Waals surface area contributed by atoms with Crippen molar-refractivity contribution in [3.63, 3.8) is 0 Å². The van der Waals surface area contributed by atoms with E-state index in [9.17, 15) is 14.7 Å². The summed E-state index contributed by atoms with van der Waals surface area (Å²) in [6.07, 6.45) is -0.361. The molecule has 0 aromatic heterocycles. The molecule has 0 fully saturated rings. The van der Waals surface area contributed by atoms with Gasteiger partial charge in [0, 0.05) is 21.8 Å². The zero-order chi connectivity index (χ0) is 17.3. The van der Waals surface area contributed by atoms with Crippen LogP contribution in [0.5, 0.6) is 5.75 Å². The predicted octanol–water partition coefficient (Wildman–Crippen LogP) is 3.15. The molecule has 2 aromatic carbocycles. The lowest BCUT2D eigenvalue weighted by molar-refractivity contribution is -0.133. The van der Waals surface area contributed by atoms with Crippen LogP contribution in [-0.2, 0) is 10.4 Å². The molecule has 1 atom stereocenters. The van der Waals surface area contributed by atoms with Crippen LogP contribution in [0, 0.1) is 0 Å². The van der Waals surface area contributed by atoms with Crippen molar-refractivity contribution >= 4 is 29.0 Å². The van der Waals surface area contributed by atoms with Crippen LogP contribution in [0.4, 0.5) is 5.69 Å². The maximum atomic E-state index is 12.5. The summed E-state index contributed by atoms with van der Waals surface area (Å²) in [6.45, 7) is 2.40. The summed E-state index contributed by atoms with van der Waals surface area (Å²) < 4.78 is 5.33. The van der Waals surface area contributed by atoms with Crippen molar-refractivity contribution in [3.05, 3.63) is 58.6 Å². The normalized spacial score (nSPS) is 18.9. The van der Waals surface area contributed by atoms with Gasteiger partial charge >= 0.3 is 0 Å². The van der Waals surface area contributed by atoms with Gasteiger partial charge < -0.3 is 15.2 Å². The highest BCUT2D eigenvalue weighted by Gasteiger charge is 2.46. The smallest absolute Gasteiger partial charge is 0.261 e. The van der Waals surface area contributed by atoms with Crippen LogP contribution in [0.25, 0.3) is 0 Å². The first-order valence-corrected chi connectivity index (χ1v) is 7.92. The first kappa shape index (κ1) is 16.5. The molecule has 1 aliphatic rings. The summed E-state index contributed by atoms with van der Waals surface area (Å²) in [4.78, 5) is 24.7. The van der Waals surface area contributed by atoms with E-state index in [2.05, 4.69) is 5.32 Å². The number of ketones is 1. The molecule has 5 nitrogen and oxygen atoms in total. The number of carbonyl (C=O) groups excluding carboxylic acids is 2. The second-order valence-corrected chi connectivity index (χ2v) is 6.00. The molecule has 124 valence electrons. The Labute approximate surface area is 144 Å². The number of benzene rings is 2. The maximum absolute atomic E-state index is 12.5. The summed E-state index contributed by atoms with van der Waals surface area (Å²) in [5.41, 5.74) is -0.739. The Hall–Kier alpha value is -2.37. The number of Topliss-reactive ketones (excluding diaryl/α,β-unsaturated/α-hetero) is 1. The summed E-state index contributed by atoms with van der Waals surface area (Å²) >= 11 is 5.95. The largest absolute Gasteiger partial charge is 0.494 e. The van der Waals surface area contributed by atoms with Gasteiger partial charge in [0.25, 0.3) is 5.91 Å². The number of carbonyl (C=O) groups is 2. The average Bonchev–Trinajstić information content (AvgIpc) is 2.79. The van der Waals surface area contributed by atoms with Crippen LogP contribution in [0.15, 0.2) is 42.5 Å². The fourth-order valence-corrected chi connectivity index (χ4v) is 2.90. The number of hydrogen-bond donors (Lipinski definition) is 2. The topological polar surface area (TPSA) is 75.6 Å². The molecule has 0 aliphatic carbocycles. The molecule has 0 saturated heterocycles. The maximum Gasteiger partial charge on any atom is 0.261 e. The molecule has 1 unspecified atom stereocenters. The molecule has 0 spiro atoms. The SMILES string of the molecule is CCOc1ccc(C(=O)CC2(O)C(=O)Nc3ccc(Cl)cc32)cc1. The number of amides is 1. The van der Waals surface area contributed by atoms with Crippen LogP contribution in [-0.4, -0.2) is 23.4 Å². The highest BCUT2D eigenvalue weighted by Crippen LogP contribution is 2.40. The van der Waals surface area contributed by atoms with E-state index < -0.39 is 11.5 Å². The van der Waals surface area contributed by atoms with Gasteiger partial charge in [0.1, 0.15) is 5.75 Å². The summed E-state index contributed by atoms with van der Waals surface area (Å²) in [5.74, 6) is -0.314. The molecular weight excluding hydrogens is 330 g/mol. The molecule has 0 saturated carbocycles. The molecule has 24 heavy (non-hydrogen) atoms. The molecule has 2 N–H and O–H groups in total. The van der Waals surface area contributed by atoms with E-state index in [1.807, 2.05) is 6.92 Å². The van der Waals surface area contributed by atoms with E-state index >= 15 is 0 Å². The lowest BCUT2D eigenvalue weighted by Crippen LogP contribution is -2.36. The summed E-state index contributed by atoms with van der Waals surface area (Å²) in [7, 11) is 0. The molecule has 0 bridgehead atoms. The first-order valence-electron chi connectivity index (χ1n) is 7.54. The third-order valence-electron chi connectivity index (χ3n) is 3.95. The minimum Gasteiger partial charge on any atom is -0.494 e. The van der Waals surface area contributed by atoms with E-state index in [0.717, 1.165) is 0 Å². The monoisotopic (exact) mass is 345 g/mol. The lowest BCUT2D eigenvalue weighted by Gasteiger charge is -2.20. The number of aliphatic hydroxyl groups is 1. The number of hydrogen-bond acceptors (Lipinski definition) is 4. The van der Waals surface area contributed by atoms with Crippen molar-refractivity contribution in [1.82, 2.24) is 0 Å². The predicted molar refractivity (Wildman–Crippen MR) is 90.5 cm³/mol. The standard InChI is InChI=1S/C18H16ClNO4/c1-2-24-13-6-3-11(4-7-13)16(21)10-18(23)14-9-12(19)5-8-15(14)20-17(18)22/h3-9,23H,2,10H2,1H3,(H,20,22). The van der Waals surface area contributed by atoms with Crippen molar-refractivity contribution in [2.45, 2.75) is 18.9 Å². The average molecular weight is 346 g/mol. The molecule has 2 aromatic rings. The molecular formula is C18H16ClNO4. The number of ether oxygens (including phenoxy) is 1. The van der Waals surface area contributed by atoms with Crippen LogP contribution >= 0.6 is 11.6 Å². The molecule has 3 rings (SSSR count). The number of fused-ring (bicyclic) bond motifs is 1. The molecule has 6 heteroatoms. The fourth-order valence-electron chi connectivity index (χ4n) is 2.73. The first-order chi connectivity index (χ1) is 11.4. The molecule has 1 aliphatic heterocycles. The Kier molecular flexibility index (Phi) is 4.30. The summed E-state index contributed by atoms with van der Waals surface area (Å²) in [6, 6.07) is 11.3. The van der Waals surface area contributed by atoms with Gasteiger partial charge in [-0.15, -0.1) is 0 Å². The fraction of sp³-hybridized carbons (Fsp3) is 0.222. The van der Waals surface area contributed by atoms with Crippen molar-refractivity contribution < 1.29 is 19.4 Å². The Bertz CT molecular complexity index is 803. The van der Waals surface area contributed by atoms with E-state index in [4.69, 9.17) is 16.3 Å². The number of nitrogens with one attached hydrogen (secondary N) is 1. The van der Waals surface area contributed by atoms with Crippen molar-refractivity contribution in [1.29, 1.82) is 0 Å². The molecule has 1 heterocycles. The van der Waals surface area contributed by atoms with Crippen molar-refractivity contribution in [3.8, 4) is 5.75 Å². The second-order valence-electron chi connectivity index (χ2n) is 5.56. The van der Waals surface area contributed by atoms with Gasteiger partial charge in [-0.1, -0.05) is 11.6 Å². The quantitative estimate of drug-likeness (QED) is 0.816. The Morgan fingerprint density at radius 3 is 2.62 bits per heavy atom. The Balaban J connectivity index is 1.86. The zero-order valence-electron chi connectivity index (χ0n) is 13.0. The minimum atomic E-state index is -1.92. The Morgan fingerprint density at radius 1 is 1.25 bits per heavy atom. The van der Waals surface area contributed by atoms with Crippen molar-refractivity contribution in [2.75, 3.05) is 11.9 Å². The molecule has 1 amide bonds. The van der Waals surface area contributed by atoms with Crippen LogP contribution in [0.2, 0.25) is 5.02 Å². The van der Waals surface area contributed by atoms with Crippen LogP contribution in [0.1, 0.15) is 29.3 Å². The van der Waals surface area contributed by atoms with Crippen LogP contribution in [0.3, 0.4) is 0 Å². The van der Waals surface area contributed by atoms with Gasteiger partial charge in [0.2, 0.25) is 0 Å². The van der Waals surface area contributed by atoms with Gasteiger partial charge in [-0.25, -0.2) is 0 Å². The highest BCUT2D eigenvalue weighted by molar-refractivity contribution is 6.31. The number of anilines is 1. The van der Waals surface area contributed by atoms with E-state index in [0.29, 0.717) is 34.2 Å². The van der Waals surface area contributed by atoms with E-state index in [1.165, 1.54) is 6.07 Å². The number of rotatable bonds is 5. The third kappa shape index (κ3) is 2.88. The Morgan fingerprint density at radius 2 is 1.96 bits per heavy atom. The van der Waals surface area contributed by atoms with E-state index in [-0.39, 0.29) is 12.2 Å². The van der Waals surface area contributed by atoms with Crippen LogP contribution < -0.4 is 10.1 Å². The number of halogens is 1. The highest BCUT2D eigenvalue weighted by atomic mass is 35.5. The second kappa shape index (κ2) is 6.26. The van der Waals surface area contributed by atoms with Gasteiger partial charge in [0.05, 0.1) is 13.0 Å². The van der Waals surface area contributed by atoms with Gasteiger partial charge in [-0.05, 0) is 49.4 Å². The summed E-state index contributed by atoms with van der Waals surface area (Å²) in [5, 5.41) is 13.8.